The highest BCUT2D eigenvalue weighted by Gasteiger charge is 2.19. The van der Waals surface area contributed by atoms with E-state index in [1.807, 2.05) is 14.0 Å². The Morgan fingerprint density at radius 1 is 1.41 bits per heavy atom. The van der Waals surface area contributed by atoms with Gasteiger partial charge >= 0.3 is 0 Å². The Morgan fingerprint density at radius 3 is 2.65 bits per heavy atom. The Morgan fingerprint density at radius 2 is 2.12 bits per heavy atom. The van der Waals surface area contributed by atoms with E-state index in [4.69, 9.17) is 4.52 Å². The summed E-state index contributed by atoms with van der Waals surface area (Å²) in [5, 5.41) is 7.05. The van der Waals surface area contributed by atoms with Crippen LogP contribution in [0.2, 0.25) is 0 Å². The van der Waals surface area contributed by atoms with E-state index < -0.39 is 0 Å². The quantitative estimate of drug-likeness (QED) is 0.883. The molecule has 1 aromatic heterocycles. The number of hydrogen-bond donors (Lipinski definition) is 1. The molecule has 17 heavy (non-hydrogen) atoms. The predicted molar refractivity (Wildman–Crippen MR) is 68.2 cm³/mol. The number of nitrogens with zero attached hydrogens (tertiary/aromatic N) is 3. The Bertz CT molecular complexity index is 323. The maximum atomic E-state index is 5.13. The third-order valence-corrected chi connectivity index (χ3v) is 3.13. The van der Waals surface area contributed by atoms with E-state index in [0.717, 1.165) is 43.8 Å². The monoisotopic (exact) mass is 260 g/mol. The predicted octanol–water partition coefficient (Wildman–Crippen LogP) is 1.23. The first-order valence-corrected chi connectivity index (χ1v) is 5.94. The summed E-state index contributed by atoms with van der Waals surface area (Å²) in [4.78, 5) is 6.62. The molecule has 1 saturated heterocycles. The maximum Gasteiger partial charge on any atom is 0.240 e. The Kier molecular flexibility index (Phi) is 5.88. The van der Waals surface area contributed by atoms with Crippen molar-refractivity contribution in [1.29, 1.82) is 0 Å². The molecule has 0 aromatic carbocycles. The minimum absolute atomic E-state index is 0. The van der Waals surface area contributed by atoms with Gasteiger partial charge < -0.3 is 9.84 Å². The summed E-state index contributed by atoms with van der Waals surface area (Å²) in [6, 6.07) is 0. The molecular formula is C11H21ClN4O. The second-order valence-electron chi connectivity index (χ2n) is 4.51. The third-order valence-electron chi connectivity index (χ3n) is 3.13. The van der Waals surface area contributed by atoms with E-state index in [2.05, 4.69) is 20.4 Å². The van der Waals surface area contributed by atoms with Gasteiger partial charge in [-0.25, -0.2) is 0 Å². The second-order valence-corrected chi connectivity index (χ2v) is 4.51. The molecule has 2 rings (SSSR count). The van der Waals surface area contributed by atoms with Crippen molar-refractivity contribution in [2.24, 2.45) is 5.92 Å². The van der Waals surface area contributed by atoms with E-state index in [-0.39, 0.29) is 12.4 Å². The SMILES string of the molecule is CNCC1CCN(Cc2nc(C)no2)CC1.Cl. The molecule has 1 aromatic rings. The fourth-order valence-electron chi connectivity index (χ4n) is 2.23. The molecule has 98 valence electrons. The fourth-order valence-corrected chi connectivity index (χ4v) is 2.23. The van der Waals surface area contributed by atoms with Crippen molar-refractivity contribution in [2.75, 3.05) is 26.7 Å². The van der Waals surface area contributed by atoms with Gasteiger partial charge in [-0.2, -0.15) is 4.98 Å². The van der Waals surface area contributed by atoms with E-state index in [1.165, 1.54) is 12.8 Å². The molecule has 0 saturated carbocycles. The van der Waals surface area contributed by atoms with Crippen LogP contribution in [0.1, 0.15) is 24.6 Å². The van der Waals surface area contributed by atoms with Crippen molar-refractivity contribution in [3.8, 4) is 0 Å². The smallest absolute Gasteiger partial charge is 0.240 e. The van der Waals surface area contributed by atoms with Crippen molar-refractivity contribution >= 4 is 12.4 Å². The minimum Gasteiger partial charge on any atom is -0.338 e. The molecule has 0 radical (unpaired) electrons. The normalized spacial score (nSPS) is 18.0. The fraction of sp³-hybridized carbons (Fsp3) is 0.818. The minimum atomic E-state index is 0. The number of nitrogens with one attached hydrogen (secondary N) is 1. The van der Waals surface area contributed by atoms with E-state index in [9.17, 15) is 0 Å². The lowest BCUT2D eigenvalue weighted by Crippen LogP contribution is -2.36. The van der Waals surface area contributed by atoms with Crippen LogP contribution in [0, 0.1) is 12.8 Å². The zero-order valence-corrected chi connectivity index (χ0v) is 11.3. The number of piperidine rings is 1. The lowest BCUT2D eigenvalue weighted by atomic mass is 9.97. The van der Waals surface area contributed by atoms with Gasteiger partial charge in [-0.15, -0.1) is 12.4 Å². The molecule has 0 spiro atoms. The topological polar surface area (TPSA) is 54.2 Å². The van der Waals surface area contributed by atoms with Gasteiger partial charge in [0.1, 0.15) is 0 Å². The van der Waals surface area contributed by atoms with Gasteiger partial charge in [0.25, 0.3) is 0 Å². The summed E-state index contributed by atoms with van der Waals surface area (Å²) < 4.78 is 5.13. The van der Waals surface area contributed by atoms with E-state index >= 15 is 0 Å². The van der Waals surface area contributed by atoms with Crippen LogP contribution in [0.25, 0.3) is 0 Å². The third kappa shape index (κ3) is 4.26. The molecule has 6 heteroatoms. The number of likely N-dealkylation sites (tertiary alicyclic amines) is 1. The van der Waals surface area contributed by atoms with Gasteiger partial charge in [0.15, 0.2) is 5.82 Å². The van der Waals surface area contributed by atoms with Crippen molar-refractivity contribution in [3.63, 3.8) is 0 Å². The van der Waals surface area contributed by atoms with Crippen LogP contribution in [0.15, 0.2) is 4.52 Å². The molecule has 1 N–H and O–H groups in total. The molecule has 0 bridgehead atoms. The number of aryl methyl sites for hydroxylation is 1. The summed E-state index contributed by atoms with van der Waals surface area (Å²) >= 11 is 0. The Hall–Kier alpha value is -0.650. The van der Waals surface area contributed by atoms with Gasteiger partial charge in [-0.05, 0) is 52.4 Å². The van der Waals surface area contributed by atoms with Gasteiger partial charge in [-0.1, -0.05) is 5.16 Å². The molecule has 1 aliphatic rings. The molecular weight excluding hydrogens is 240 g/mol. The summed E-state index contributed by atoms with van der Waals surface area (Å²) in [5.41, 5.74) is 0. The van der Waals surface area contributed by atoms with Gasteiger partial charge in [0.05, 0.1) is 6.54 Å². The van der Waals surface area contributed by atoms with Crippen molar-refractivity contribution in [1.82, 2.24) is 20.4 Å². The second kappa shape index (κ2) is 6.93. The highest BCUT2D eigenvalue weighted by molar-refractivity contribution is 5.85. The molecule has 0 atom stereocenters. The first kappa shape index (κ1) is 14.4. The van der Waals surface area contributed by atoms with Gasteiger partial charge in [-0.3, -0.25) is 4.90 Å². The molecule has 1 aliphatic heterocycles. The van der Waals surface area contributed by atoms with Crippen molar-refractivity contribution in [2.45, 2.75) is 26.3 Å². The molecule has 2 heterocycles. The molecule has 0 amide bonds. The lowest BCUT2D eigenvalue weighted by molar-refractivity contribution is 0.158. The van der Waals surface area contributed by atoms with Crippen LogP contribution >= 0.6 is 12.4 Å². The average molecular weight is 261 g/mol. The van der Waals surface area contributed by atoms with Crippen LogP contribution in [0.3, 0.4) is 0 Å². The summed E-state index contributed by atoms with van der Waals surface area (Å²) in [6.07, 6.45) is 2.52. The summed E-state index contributed by atoms with van der Waals surface area (Å²) in [5.74, 6) is 2.29. The lowest BCUT2D eigenvalue weighted by Gasteiger charge is -2.30. The average Bonchev–Trinajstić information content (AvgIpc) is 2.67. The van der Waals surface area contributed by atoms with Crippen molar-refractivity contribution < 1.29 is 4.52 Å². The maximum absolute atomic E-state index is 5.13. The first-order chi connectivity index (χ1) is 7.78. The van der Waals surface area contributed by atoms with Crippen molar-refractivity contribution in [3.05, 3.63) is 11.7 Å². The van der Waals surface area contributed by atoms with Gasteiger partial charge in [0, 0.05) is 0 Å². The number of aromatic nitrogens is 2. The molecule has 0 unspecified atom stereocenters. The number of halogens is 1. The summed E-state index contributed by atoms with van der Waals surface area (Å²) in [6.45, 7) is 6.05. The van der Waals surface area contributed by atoms with Crippen LogP contribution in [0.4, 0.5) is 0 Å². The summed E-state index contributed by atoms with van der Waals surface area (Å²) in [7, 11) is 2.02. The largest absolute Gasteiger partial charge is 0.338 e. The van der Waals surface area contributed by atoms with E-state index in [0.29, 0.717) is 0 Å². The Labute approximate surface area is 108 Å². The van der Waals surface area contributed by atoms with Crippen LogP contribution in [-0.2, 0) is 6.54 Å². The molecule has 5 nitrogen and oxygen atoms in total. The standard InChI is InChI=1S/C11H20N4O.ClH/c1-9-13-11(16-14-9)8-15-5-3-10(4-6-15)7-12-2;/h10,12H,3-8H2,1-2H3;1H. The molecule has 0 aliphatic carbocycles. The van der Waals surface area contributed by atoms with E-state index in [1.54, 1.807) is 0 Å². The van der Waals surface area contributed by atoms with Gasteiger partial charge in [0.2, 0.25) is 5.89 Å². The first-order valence-electron chi connectivity index (χ1n) is 5.94. The Balaban J connectivity index is 0.00000144. The van der Waals surface area contributed by atoms with Crippen LogP contribution in [0.5, 0.6) is 0 Å². The zero-order valence-electron chi connectivity index (χ0n) is 10.5. The van der Waals surface area contributed by atoms with Crippen LogP contribution < -0.4 is 5.32 Å². The molecule has 1 fully saturated rings. The zero-order chi connectivity index (χ0) is 11.4. The highest BCUT2D eigenvalue weighted by Crippen LogP contribution is 2.17. The van der Waals surface area contributed by atoms with Crippen LogP contribution in [-0.4, -0.2) is 41.7 Å². The number of rotatable bonds is 4. The highest BCUT2D eigenvalue weighted by atomic mass is 35.5. The number of hydrogen-bond acceptors (Lipinski definition) is 5.